The number of aliphatic carboxylic acids is 1. The van der Waals surface area contributed by atoms with Crippen molar-refractivity contribution >= 4 is 51.9 Å². The Labute approximate surface area is 139 Å². The molecule has 0 bridgehead atoms. The number of methoxy groups -OCH3 is 1. The molecule has 1 aliphatic rings. The summed E-state index contributed by atoms with van der Waals surface area (Å²) in [5.41, 5.74) is 0.0970. The van der Waals surface area contributed by atoms with Crippen LogP contribution >= 0.6 is 24.0 Å². The number of carbonyl (C=O) groups excluding carboxylic acids is 1. The second-order valence-corrected chi connectivity index (χ2v) is 5.99. The maximum atomic E-state index is 12.2. The average Bonchev–Trinajstić information content (AvgIpc) is 2.74. The van der Waals surface area contributed by atoms with E-state index >= 15 is 0 Å². The van der Waals surface area contributed by atoms with E-state index in [0.29, 0.717) is 5.56 Å². The Balaban J connectivity index is 2.42. The summed E-state index contributed by atoms with van der Waals surface area (Å²) in [6.45, 7) is -0.534. The lowest BCUT2D eigenvalue weighted by atomic mass is 10.1. The molecular formula is C13H10N2O6S2. The van der Waals surface area contributed by atoms with Crippen LogP contribution in [-0.4, -0.2) is 44.8 Å². The number of rotatable bonds is 5. The maximum Gasteiger partial charge on any atom is 0.323 e. The molecule has 0 saturated carbocycles. The maximum absolute atomic E-state index is 12.2. The van der Waals surface area contributed by atoms with E-state index < -0.39 is 23.3 Å². The summed E-state index contributed by atoms with van der Waals surface area (Å²) in [7, 11) is 1.29. The van der Waals surface area contributed by atoms with Gasteiger partial charge in [0.25, 0.3) is 5.91 Å². The number of para-hydroxylation sites is 1. The summed E-state index contributed by atoms with van der Waals surface area (Å²) in [6.07, 6.45) is 1.40. The number of thiocarbonyl (C=S) groups is 1. The summed E-state index contributed by atoms with van der Waals surface area (Å²) in [5, 5.41) is 19.8. The molecule has 1 aliphatic heterocycles. The molecule has 0 aliphatic carbocycles. The minimum Gasteiger partial charge on any atom is -0.490 e. The second-order valence-electron chi connectivity index (χ2n) is 4.32. The number of thioether (sulfide) groups is 1. The molecule has 0 radical (unpaired) electrons. The third-order valence-corrected chi connectivity index (χ3v) is 4.26. The Kier molecular flexibility index (Phi) is 4.96. The lowest BCUT2D eigenvalue weighted by molar-refractivity contribution is -0.385. The number of amides is 1. The first-order chi connectivity index (χ1) is 10.8. The predicted molar refractivity (Wildman–Crippen MR) is 87.2 cm³/mol. The third-order valence-electron chi connectivity index (χ3n) is 2.88. The van der Waals surface area contributed by atoms with Gasteiger partial charge in [0, 0.05) is 11.6 Å². The van der Waals surface area contributed by atoms with E-state index in [1.165, 1.54) is 25.3 Å². The third kappa shape index (κ3) is 3.48. The highest BCUT2D eigenvalue weighted by Crippen LogP contribution is 2.37. The number of nitrogens with zero attached hydrogens (tertiary/aromatic N) is 2. The van der Waals surface area contributed by atoms with E-state index in [-0.39, 0.29) is 20.7 Å². The number of hydrogen-bond donors (Lipinski definition) is 1. The zero-order valence-electron chi connectivity index (χ0n) is 11.7. The van der Waals surface area contributed by atoms with Crippen LogP contribution < -0.4 is 4.74 Å². The summed E-state index contributed by atoms with van der Waals surface area (Å²) in [6, 6.07) is 4.30. The Bertz CT molecular complexity index is 746. The Morgan fingerprint density at radius 3 is 2.83 bits per heavy atom. The first-order valence-electron chi connectivity index (χ1n) is 6.13. The van der Waals surface area contributed by atoms with Crippen LogP contribution in [-0.2, 0) is 9.59 Å². The van der Waals surface area contributed by atoms with Crippen LogP contribution in [0.25, 0.3) is 6.08 Å². The predicted octanol–water partition coefficient (Wildman–Crippen LogP) is 1.89. The topological polar surface area (TPSA) is 110 Å². The van der Waals surface area contributed by atoms with Crippen LogP contribution in [0.2, 0.25) is 0 Å². The van der Waals surface area contributed by atoms with Crippen molar-refractivity contribution in [2.24, 2.45) is 0 Å². The van der Waals surface area contributed by atoms with E-state index in [1.54, 1.807) is 6.07 Å². The molecule has 1 fully saturated rings. The standard InChI is InChI=1S/C13H10N2O6S2/c1-21-11-7(3-2-4-8(11)15(19)20)5-9-12(18)14(6-10(16)17)13(22)23-9/h2-5H,6H2,1H3,(H,16,17). The van der Waals surface area contributed by atoms with E-state index in [4.69, 9.17) is 22.1 Å². The van der Waals surface area contributed by atoms with Gasteiger partial charge in [-0.3, -0.25) is 24.6 Å². The van der Waals surface area contributed by atoms with Crippen molar-refractivity contribution in [3.63, 3.8) is 0 Å². The van der Waals surface area contributed by atoms with Gasteiger partial charge in [0.15, 0.2) is 0 Å². The molecule has 0 spiro atoms. The molecule has 2 rings (SSSR count). The number of benzene rings is 1. The van der Waals surface area contributed by atoms with Gasteiger partial charge in [0.1, 0.15) is 10.9 Å². The van der Waals surface area contributed by atoms with E-state index in [1.807, 2.05) is 0 Å². The van der Waals surface area contributed by atoms with Crippen LogP contribution in [0.5, 0.6) is 5.75 Å². The fraction of sp³-hybridized carbons (Fsp3) is 0.154. The number of hydrogen-bond acceptors (Lipinski definition) is 7. The quantitative estimate of drug-likeness (QED) is 0.369. The molecule has 1 aromatic carbocycles. The van der Waals surface area contributed by atoms with Gasteiger partial charge >= 0.3 is 11.7 Å². The molecule has 10 heteroatoms. The van der Waals surface area contributed by atoms with Gasteiger partial charge in [-0.05, 0) is 6.08 Å². The fourth-order valence-electron chi connectivity index (χ4n) is 1.93. The molecule has 8 nitrogen and oxygen atoms in total. The number of carboxylic acids is 1. The van der Waals surface area contributed by atoms with Gasteiger partial charge in [0.2, 0.25) is 5.75 Å². The minimum atomic E-state index is -1.18. The summed E-state index contributed by atoms with van der Waals surface area (Å²) in [4.78, 5) is 34.5. The van der Waals surface area contributed by atoms with E-state index in [0.717, 1.165) is 16.7 Å². The van der Waals surface area contributed by atoms with Gasteiger partial charge < -0.3 is 9.84 Å². The van der Waals surface area contributed by atoms with Gasteiger partial charge in [-0.15, -0.1) is 0 Å². The van der Waals surface area contributed by atoms with Crippen LogP contribution in [0.15, 0.2) is 23.1 Å². The Hall–Kier alpha value is -2.46. The summed E-state index contributed by atoms with van der Waals surface area (Å²) >= 11 is 5.91. The van der Waals surface area contributed by atoms with E-state index in [2.05, 4.69) is 0 Å². The molecule has 1 amide bonds. The van der Waals surface area contributed by atoms with Crippen molar-refractivity contribution < 1.29 is 24.4 Å². The highest BCUT2D eigenvalue weighted by atomic mass is 32.2. The van der Waals surface area contributed by atoms with Crippen molar-refractivity contribution in [1.29, 1.82) is 0 Å². The Morgan fingerprint density at radius 1 is 1.57 bits per heavy atom. The fourth-order valence-corrected chi connectivity index (χ4v) is 3.18. The van der Waals surface area contributed by atoms with E-state index in [9.17, 15) is 19.7 Å². The van der Waals surface area contributed by atoms with Crippen molar-refractivity contribution in [2.45, 2.75) is 0 Å². The summed E-state index contributed by atoms with van der Waals surface area (Å²) in [5.74, 6) is -1.73. The SMILES string of the molecule is COc1c(C=C2SC(=S)N(CC(=O)O)C2=O)cccc1[N+](=O)[O-]. The van der Waals surface area contributed by atoms with Crippen molar-refractivity contribution in [3.05, 3.63) is 38.8 Å². The zero-order valence-corrected chi connectivity index (χ0v) is 13.3. The lowest BCUT2D eigenvalue weighted by Crippen LogP contribution is -2.33. The molecule has 0 unspecified atom stereocenters. The van der Waals surface area contributed by atoms with Crippen molar-refractivity contribution in [1.82, 2.24) is 4.90 Å². The first-order valence-corrected chi connectivity index (χ1v) is 7.36. The normalized spacial score (nSPS) is 16.0. The summed E-state index contributed by atoms with van der Waals surface area (Å²) < 4.78 is 5.17. The number of carbonyl (C=O) groups is 2. The van der Waals surface area contributed by atoms with Gasteiger partial charge in [-0.2, -0.15) is 0 Å². The Morgan fingerprint density at radius 2 is 2.26 bits per heavy atom. The highest BCUT2D eigenvalue weighted by molar-refractivity contribution is 8.26. The molecule has 0 aromatic heterocycles. The minimum absolute atomic E-state index is 0.0148. The van der Waals surface area contributed by atoms with Crippen molar-refractivity contribution in [3.8, 4) is 5.75 Å². The number of nitro groups is 1. The van der Waals surface area contributed by atoms with Crippen molar-refractivity contribution in [2.75, 3.05) is 13.7 Å². The average molecular weight is 354 g/mol. The lowest BCUT2D eigenvalue weighted by Gasteiger charge is -2.10. The molecule has 1 aromatic rings. The van der Waals surface area contributed by atoms with Gasteiger partial charge in [0.05, 0.1) is 16.9 Å². The van der Waals surface area contributed by atoms with Gasteiger partial charge in [-0.1, -0.05) is 36.1 Å². The molecular weight excluding hydrogens is 344 g/mol. The van der Waals surface area contributed by atoms with Crippen LogP contribution in [0.3, 0.4) is 0 Å². The van der Waals surface area contributed by atoms with Crippen LogP contribution in [0, 0.1) is 10.1 Å². The van der Waals surface area contributed by atoms with Gasteiger partial charge in [-0.25, -0.2) is 0 Å². The van der Waals surface area contributed by atoms with Crippen LogP contribution in [0.1, 0.15) is 5.56 Å². The monoisotopic (exact) mass is 354 g/mol. The molecule has 1 saturated heterocycles. The molecule has 23 heavy (non-hydrogen) atoms. The van der Waals surface area contributed by atoms with Crippen LogP contribution in [0.4, 0.5) is 5.69 Å². The zero-order chi connectivity index (χ0) is 17.1. The smallest absolute Gasteiger partial charge is 0.323 e. The molecule has 0 atom stereocenters. The molecule has 120 valence electrons. The molecule has 1 N–H and O–H groups in total. The molecule has 1 heterocycles. The number of nitro benzene ring substituents is 1. The largest absolute Gasteiger partial charge is 0.490 e. The number of carboxylic acid groups (broad SMARTS) is 1. The number of ether oxygens (including phenoxy) is 1. The first kappa shape index (κ1) is 16.9. The highest BCUT2D eigenvalue weighted by Gasteiger charge is 2.33. The second kappa shape index (κ2) is 6.75.